The van der Waals surface area contributed by atoms with Gasteiger partial charge in [0, 0.05) is 17.4 Å². The molecule has 6 heteroatoms. The minimum atomic E-state index is -0.299. The van der Waals surface area contributed by atoms with Crippen molar-refractivity contribution in [3.8, 4) is 17.2 Å². The second-order valence-corrected chi connectivity index (χ2v) is 6.73. The maximum atomic E-state index is 12.5. The summed E-state index contributed by atoms with van der Waals surface area (Å²) in [5.74, 6) is 2.03. The zero-order chi connectivity index (χ0) is 20.8. The standard InChI is InChI=1S/C23H25N3O3/c1-4-12-28-19-6-5-7-20(14-19)29-18-10-8-17(9-11-18)26-23(27)21-13-15(2)16(3)25-22(21)24/h5-11,13-14H,4,12H2,1-3H3,(H2,24,25)(H,26,27). The number of anilines is 2. The lowest BCUT2D eigenvalue weighted by atomic mass is 10.1. The Bertz CT molecular complexity index is 1000. The highest BCUT2D eigenvalue weighted by Gasteiger charge is 2.13. The molecule has 0 saturated carbocycles. The summed E-state index contributed by atoms with van der Waals surface area (Å²) in [6.07, 6.45) is 0.947. The van der Waals surface area contributed by atoms with Gasteiger partial charge in [0.1, 0.15) is 23.1 Å². The van der Waals surface area contributed by atoms with E-state index < -0.39 is 0 Å². The van der Waals surface area contributed by atoms with Crippen LogP contribution in [0.15, 0.2) is 54.6 Å². The van der Waals surface area contributed by atoms with Gasteiger partial charge in [-0.25, -0.2) is 4.98 Å². The molecule has 0 aliphatic heterocycles. The number of nitrogens with zero attached hydrogens (tertiary/aromatic N) is 1. The van der Waals surface area contributed by atoms with E-state index in [2.05, 4.69) is 17.2 Å². The van der Waals surface area contributed by atoms with E-state index in [1.165, 1.54) is 0 Å². The van der Waals surface area contributed by atoms with Crippen molar-refractivity contribution in [3.63, 3.8) is 0 Å². The lowest BCUT2D eigenvalue weighted by Gasteiger charge is -2.11. The Hall–Kier alpha value is -3.54. The Morgan fingerprint density at radius 3 is 2.48 bits per heavy atom. The van der Waals surface area contributed by atoms with Crippen LogP contribution in [-0.2, 0) is 0 Å². The number of ether oxygens (including phenoxy) is 2. The predicted octanol–water partition coefficient (Wildman–Crippen LogP) is 5.11. The highest BCUT2D eigenvalue weighted by atomic mass is 16.5. The number of hydrogen-bond donors (Lipinski definition) is 2. The van der Waals surface area contributed by atoms with Crippen molar-refractivity contribution in [3.05, 3.63) is 71.4 Å². The third-order valence-electron chi connectivity index (χ3n) is 4.37. The van der Waals surface area contributed by atoms with Gasteiger partial charge in [0.15, 0.2) is 0 Å². The fourth-order valence-electron chi connectivity index (χ4n) is 2.69. The molecule has 0 aliphatic carbocycles. The number of hydrogen-bond acceptors (Lipinski definition) is 5. The van der Waals surface area contributed by atoms with E-state index in [0.29, 0.717) is 29.4 Å². The van der Waals surface area contributed by atoms with Crippen LogP contribution in [0.1, 0.15) is 35.0 Å². The van der Waals surface area contributed by atoms with Crippen LogP contribution >= 0.6 is 0 Å². The Labute approximate surface area is 170 Å². The van der Waals surface area contributed by atoms with Crippen LogP contribution in [0.4, 0.5) is 11.5 Å². The maximum absolute atomic E-state index is 12.5. The van der Waals surface area contributed by atoms with Crippen LogP contribution in [-0.4, -0.2) is 17.5 Å². The number of aryl methyl sites for hydroxylation is 2. The van der Waals surface area contributed by atoms with Crippen molar-refractivity contribution in [2.75, 3.05) is 17.7 Å². The molecule has 0 atom stereocenters. The van der Waals surface area contributed by atoms with Gasteiger partial charge in [-0.15, -0.1) is 0 Å². The molecule has 3 rings (SSSR count). The van der Waals surface area contributed by atoms with Crippen molar-refractivity contribution in [1.82, 2.24) is 4.98 Å². The number of aromatic nitrogens is 1. The number of nitrogens with one attached hydrogen (secondary N) is 1. The zero-order valence-electron chi connectivity index (χ0n) is 16.9. The van der Waals surface area contributed by atoms with Crippen molar-refractivity contribution in [2.45, 2.75) is 27.2 Å². The number of carbonyl (C=O) groups excluding carboxylic acids is 1. The molecule has 0 radical (unpaired) electrons. The SMILES string of the molecule is CCCOc1cccc(Oc2ccc(NC(=O)c3cc(C)c(C)nc3N)cc2)c1. The minimum absolute atomic E-state index is 0.218. The van der Waals surface area contributed by atoms with E-state index in [1.807, 2.05) is 38.1 Å². The lowest BCUT2D eigenvalue weighted by Crippen LogP contribution is -2.15. The maximum Gasteiger partial charge on any atom is 0.259 e. The van der Waals surface area contributed by atoms with Gasteiger partial charge in [0.05, 0.1) is 12.2 Å². The molecule has 2 aromatic carbocycles. The van der Waals surface area contributed by atoms with Crippen LogP contribution < -0.4 is 20.5 Å². The second kappa shape index (κ2) is 9.10. The van der Waals surface area contributed by atoms with Crippen LogP contribution in [0.3, 0.4) is 0 Å². The van der Waals surface area contributed by atoms with Crippen LogP contribution in [0, 0.1) is 13.8 Å². The molecule has 0 aliphatic rings. The molecule has 0 fully saturated rings. The Balaban J connectivity index is 1.66. The third kappa shape index (κ3) is 5.25. The molecule has 29 heavy (non-hydrogen) atoms. The Morgan fingerprint density at radius 1 is 1.03 bits per heavy atom. The average molecular weight is 391 g/mol. The van der Waals surface area contributed by atoms with Gasteiger partial charge in [0.25, 0.3) is 5.91 Å². The summed E-state index contributed by atoms with van der Waals surface area (Å²) in [5.41, 5.74) is 8.62. The first kappa shape index (κ1) is 20.2. The van der Waals surface area contributed by atoms with Gasteiger partial charge in [-0.05, 0) is 68.3 Å². The summed E-state index contributed by atoms with van der Waals surface area (Å²) >= 11 is 0. The van der Waals surface area contributed by atoms with Gasteiger partial charge in [-0.3, -0.25) is 4.79 Å². The van der Waals surface area contributed by atoms with Crippen LogP contribution in [0.25, 0.3) is 0 Å². The fourth-order valence-corrected chi connectivity index (χ4v) is 2.69. The Morgan fingerprint density at radius 2 is 1.76 bits per heavy atom. The monoisotopic (exact) mass is 391 g/mol. The van der Waals surface area contributed by atoms with Crippen molar-refractivity contribution < 1.29 is 14.3 Å². The molecule has 0 saturated heterocycles. The molecule has 6 nitrogen and oxygen atoms in total. The largest absolute Gasteiger partial charge is 0.493 e. The molecule has 3 N–H and O–H groups in total. The molecule has 0 spiro atoms. The number of nitrogens with two attached hydrogens (primary N) is 1. The lowest BCUT2D eigenvalue weighted by molar-refractivity contribution is 0.102. The number of amides is 1. The van der Waals surface area contributed by atoms with E-state index in [9.17, 15) is 4.79 Å². The minimum Gasteiger partial charge on any atom is -0.493 e. The number of pyridine rings is 1. The van der Waals surface area contributed by atoms with E-state index in [0.717, 1.165) is 23.4 Å². The summed E-state index contributed by atoms with van der Waals surface area (Å²) in [4.78, 5) is 16.7. The zero-order valence-corrected chi connectivity index (χ0v) is 16.9. The van der Waals surface area contributed by atoms with E-state index >= 15 is 0 Å². The quantitative estimate of drug-likeness (QED) is 0.584. The summed E-state index contributed by atoms with van der Waals surface area (Å²) < 4.78 is 11.5. The first-order valence-corrected chi connectivity index (χ1v) is 9.52. The van der Waals surface area contributed by atoms with Gasteiger partial charge >= 0.3 is 0 Å². The molecule has 0 unspecified atom stereocenters. The first-order valence-electron chi connectivity index (χ1n) is 9.52. The van der Waals surface area contributed by atoms with Gasteiger partial charge in [0.2, 0.25) is 0 Å². The Kier molecular flexibility index (Phi) is 6.34. The van der Waals surface area contributed by atoms with Crippen LogP contribution in [0.5, 0.6) is 17.2 Å². The first-order chi connectivity index (χ1) is 14.0. The van der Waals surface area contributed by atoms with E-state index in [4.69, 9.17) is 15.2 Å². The highest BCUT2D eigenvalue weighted by Crippen LogP contribution is 2.26. The van der Waals surface area contributed by atoms with E-state index in [1.54, 1.807) is 30.3 Å². The normalized spacial score (nSPS) is 10.4. The van der Waals surface area contributed by atoms with Gasteiger partial charge in [-0.1, -0.05) is 13.0 Å². The smallest absolute Gasteiger partial charge is 0.259 e. The summed E-state index contributed by atoms with van der Waals surface area (Å²) in [7, 11) is 0. The number of benzene rings is 2. The van der Waals surface area contributed by atoms with Crippen molar-refractivity contribution >= 4 is 17.4 Å². The number of rotatable bonds is 7. The highest BCUT2D eigenvalue weighted by molar-refractivity contribution is 6.07. The fraction of sp³-hybridized carbons (Fsp3) is 0.217. The molecule has 3 aromatic rings. The van der Waals surface area contributed by atoms with Crippen LogP contribution in [0.2, 0.25) is 0 Å². The van der Waals surface area contributed by atoms with E-state index in [-0.39, 0.29) is 11.7 Å². The molecule has 1 amide bonds. The van der Waals surface area contributed by atoms with Gasteiger partial charge < -0.3 is 20.5 Å². The molecule has 150 valence electrons. The van der Waals surface area contributed by atoms with Gasteiger partial charge in [-0.2, -0.15) is 0 Å². The second-order valence-electron chi connectivity index (χ2n) is 6.73. The molecule has 1 heterocycles. The summed E-state index contributed by atoms with van der Waals surface area (Å²) in [6, 6.07) is 16.4. The van der Waals surface area contributed by atoms with Crippen molar-refractivity contribution in [1.29, 1.82) is 0 Å². The molecule has 1 aromatic heterocycles. The number of carbonyl (C=O) groups is 1. The molecular weight excluding hydrogens is 366 g/mol. The number of nitrogen functional groups attached to an aromatic ring is 1. The summed E-state index contributed by atoms with van der Waals surface area (Å²) in [6.45, 7) is 6.48. The molecular formula is C23H25N3O3. The van der Waals surface area contributed by atoms with Crippen molar-refractivity contribution in [2.24, 2.45) is 0 Å². The topological polar surface area (TPSA) is 86.5 Å². The third-order valence-corrected chi connectivity index (χ3v) is 4.37. The average Bonchev–Trinajstić information content (AvgIpc) is 2.71. The predicted molar refractivity (Wildman–Crippen MR) is 115 cm³/mol. The molecule has 0 bridgehead atoms. The summed E-state index contributed by atoms with van der Waals surface area (Å²) in [5, 5.41) is 2.83.